The SMILES string of the molecule is COCCN(CC(=O)N1N=C(c2ccccc2Cl)C[C@@H]1c1ccccc1F)C(=O)c1cccs1. The smallest absolute Gasteiger partial charge is 0.264 e. The second-order valence-electron chi connectivity index (χ2n) is 7.70. The van der Waals surface area contributed by atoms with Gasteiger partial charge in [-0.3, -0.25) is 9.59 Å². The minimum atomic E-state index is -0.652. The van der Waals surface area contributed by atoms with Crippen LogP contribution in [0.25, 0.3) is 0 Å². The van der Waals surface area contributed by atoms with Gasteiger partial charge in [-0.25, -0.2) is 9.40 Å². The molecule has 0 fully saturated rings. The molecule has 176 valence electrons. The number of rotatable bonds is 8. The summed E-state index contributed by atoms with van der Waals surface area (Å²) in [5.41, 5.74) is 1.63. The number of thiophene rings is 1. The molecule has 1 aromatic heterocycles. The van der Waals surface area contributed by atoms with Crippen LogP contribution in [-0.4, -0.2) is 54.2 Å². The number of hydrogen-bond donors (Lipinski definition) is 0. The van der Waals surface area contributed by atoms with Crippen LogP contribution in [-0.2, 0) is 9.53 Å². The van der Waals surface area contributed by atoms with Gasteiger partial charge in [-0.05, 0) is 23.6 Å². The van der Waals surface area contributed by atoms with Crippen molar-refractivity contribution in [3.8, 4) is 0 Å². The first kappa shape index (κ1) is 24.1. The van der Waals surface area contributed by atoms with Crippen molar-refractivity contribution in [3.63, 3.8) is 0 Å². The summed E-state index contributed by atoms with van der Waals surface area (Å²) < 4.78 is 19.9. The van der Waals surface area contributed by atoms with Gasteiger partial charge in [0.2, 0.25) is 0 Å². The summed E-state index contributed by atoms with van der Waals surface area (Å²) in [6, 6.07) is 16.4. The lowest BCUT2D eigenvalue weighted by Crippen LogP contribution is -2.42. The number of amides is 2. The molecule has 3 aromatic rings. The van der Waals surface area contributed by atoms with E-state index in [2.05, 4.69) is 5.10 Å². The molecule has 1 aliphatic rings. The Hall–Kier alpha value is -3.07. The highest BCUT2D eigenvalue weighted by atomic mass is 35.5. The van der Waals surface area contributed by atoms with Gasteiger partial charge in [0, 0.05) is 36.2 Å². The molecular formula is C25H23ClFN3O3S. The Morgan fingerprint density at radius 3 is 2.65 bits per heavy atom. The van der Waals surface area contributed by atoms with Crippen molar-refractivity contribution >= 4 is 40.5 Å². The maximum Gasteiger partial charge on any atom is 0.264 e. The Balaban J connectivity index is 1.65. The number of methoxy groups -OCH3 is 1. The normalized spacial score (nSPS) is 15.3. The maximum absolute atomic E-state index is 14.7. The fourth-order valence-corrected chi connectivity index (χ4v) is 4.77. The van der Waals surface area contributed by atoms with Gasteiger partial charge >= 0.3 is 0 Å². The number of ether oxygens (including phenoxy) is 1. The molecule has 0 aliphatic carbocycles. The average Bonchev–Trinajstić information content (AvgIpc) is 3.52. The largest absolute Gasteiger partial charge is 0.383 e. The molecule has 2 heterocycles. The number of hydrazone groups is 1. The molecule has 0 bridgehead atoms. The summed E-state index contributed by atoms with van der Waals surface area (Å²) in [6.07, 6.45) is 0.299. The van der Waals surface area contributed by atoms with Gasteiger partial charge in [-0.15, -0.1) is 11.3 Å². The molecule has 2 aromatic carbocycles. The van der Waals surface area contributed by atoms with Crippen LogP contribution in [0.2, 0.25) is 5.02 Å². The van der Waals surface area contributed by atoms with Crippen LogP contribution >= 0.6 is 22.9 Å². The molecule has 1 aliphatic heterocycles. The second kappa shape index (κ2) is 10.9. The Labute approximate surface area is 206 Å². The highest BCUT2D eigenvalue weighted by molar-refractivity contribution is 7.12. The minimum absolute atomic E-state index is 0.218. The van der Waals surface area contributed by atoms with Crippen LogP contribution in [0, 0.1) is 5.82 Å². The Morgan fingerprint density at radius 1 is 1.18 bits per heavy atom. The van der Waals surface area contributed by atoms with E-state index in [0.717, 1.165) is 0 Å². The van der Waals surface area contributed by atoms with E-state index in [9.17, 15) is 14.0 Å². The van der Waals surface area contributed by atoms with Gasteiger partial charge in [0.25, 0.3) is 11.8 Å². The van der Waals surface area contributed by atoms with Crippen LogP contribution in [0.15, 0.2) is 71.1 Å². The van der Waals surface area contributed by atoms with Crippen molar-refractivity contribution in [3.05, 3.63) is 92.9 Å². The van der Waals surface area contributed by atoms with Crippen LogP contribution in [0.3, 0.4) is 0 Å². The fraction of sp³-hybridized carbons (Fsp3) is 0.240. The lowest BCUT2D eigenvalue weighted by Gasteiger charge is -2.26. The number of benzene rings is 2. The predicted octanol–water partition coefficient (Wildman–Crippen LogP) is 5.01. The zero-order valence-electron chi connectivity index (χ0n) is 18.5. The lowest BCUT2D eigenvalue weighted by molar-refractivity contribution is -0.133. The van der Waals surface area contributed by atoms with Crippen molar-refractivity contribution in [1.82, 2.24) is 9.91 Å². The molecule has 1 atom stereocenters. The van der Waals surface area contributed by atoms with Gasteiger partial charge in [0.1, 0.15) is 12.4 Å². The summed E-state index contributed by atoms with van der Waals surface area (Å²) >= 11 is 7.67. The maximum atomic E-state index is 14.7. The van der Waals surface area contributed by atoms with Gasteiger partial charge < -0.3 is 9.64 Å². The van der Waals surface area contributed by atoms with Crippen molar-refractivity contribution in [2.45, 2.75) is 12.5 Å². The second-order valence-corrected chi connectivity index (χ2v) is 9.06. The van der Waals surface area contributed by atoms with E-state index in [0.29, 0.717) is 33.2 Å². The number of halogens is 2. The molecule has 0 unspecified atom stereocenters. The summed E-state index contributed by atoms with van der Waals surface area (Å²) in [7, 11) is 1.53. The van der Waals surface area contributed by atoms with E-state index < -0.39 is 17.8 Å². The van der Waals surface area contributed by atoms with Gasteiger partial charge in [-0.2, -0.15) is 5.10 Å². The fourth-order valence-electron chi connectivity index (χ4n) is 3.83. The first-order chi connectivity index (χ1) is 16.5. The highest BCUT2D eigenvalue weighted by Gasteiger charge is 2.36. The molecule has 0 spiro atoms. The minimum Gasteiger partial charge on any atom is -0.383 e. The van der Waals surface area contributed by atoms with Crippen molar-refractivity contribution in [2.75, 3.05) is 26.8 Å². The van der Waals surface area contributed by atoms with Crippen molar-refractivity contribution in [2.24, 2.45) is 5.10 Å². The van der Waals surface area contributed by atoms with Gasteiger partial charge in [0.15, 0.2) is 0 Å². The monoisotopic (exact) mass is 499 g/mol. The van der Waals surface area contributed by atoms with E-state index in [4.69, 9.17) is 16.3 Å². The summed E-state index contributed by atoms with van der Waals surface area (Å²) in [4.78, 5) is 28.4. The van der Waals surface area contributed by atoms with Crippen molar-refractivity contribution < 1.29 is 18.7 Å². The van der Waals surface area contributed by atoms with Crippen LogP contribution < -0.4 is 0 Å². The quantitative estimate of drug-likeness (QED) is 0.438. The Kier molecular flexibility index (Phi) is 7.72. The molecule has 34 heavy (non-hydrogen) atoms. The number of nitrogens with zero attached hydrogens (tertiary/aromatic N) is 3. The third-order valence-electron chi connectivity index (χ3n) is 5.53. The summed E-state index contributed by atoms with van der Waals surface area (Å²) in [5.74, 6) is -1.11. The Morgan fingerprint density at radius 2 is 1.94 bits per heavy atom. The molecule has 4 rings (SSSR count). The van der Waals surface area contributed by atoms with Crippen LogP contribution in [0.1, 0.15) is 33.3 Å². The van der Waals surface area contributed by atoms with Crippen LogP contribution in [0.4, 0.5) is 4.39 Å². The van der Waals surface area contributed by atoms with Crippen LogP contribution in [0.5, 0.6) is 0 Å². The third kappa shape index (κ3) is 5.19. The molecule has 0 saturated heterocycles. The zero-order valence-corrected chi connectivity index (χ0v) is 20.1. The van der Waals surface area contributed by atoms with E-state index in [-0.39, 0.29) is 25.6 Å². The third-order valence-corrected chi connectivity index (χ3v) is 6.71. The number of carbonyl (C=O) groups is 2. The first-order valence-corrected chi connectivity index (χ1v) is 12.0. The van der Waals surface area contributed by atoms with E-state index in [1.165, 1.54) is 34.4 Å². The summed E-state index contributed by atoms with van der Waals surface area (Å²) in [6.45, 7) is 0.290. The topological polar surface area (TPSA) is 62.2 Å². The summed E-state index contributed by atoms with van der Waals surface area (Å²) in [5, 5.41) is 8.13. The van der Waals surface area contributed by atoms with Crippen molar-refractivity contribution in [1.29, 1.82) is 0 Å². The molecule has 0 radical (unpaired) electrons. The van der Waals surface area contributed by atoms with E-state index in [1.54, 1.807) is 41.8 Å². The average molecular weight is 500 g/mol. The predicted molar refractivity (Wildman–Crippen MR) is 131 cm³/mol. The van der Waals surface area contributed by atoms with E-state index >= 15 is 0 Å². The Bertz CT molecular complexity index is 1200. The molecule has 6 nitrogen and oxygen atoms in total. The first-order valence-electron chi connectivity index (χ1n) is 10.7. The molecule has 0 saturated carbocycles. The highest BCUT2D eigenvalue weighted by Crippen LogP contribution is 2.35. The standard InChI is InChI=1S/C25H23ClFN3O3S/c1-33-13-12-29(25(32)23-11-6-14-34-23)16-24(31)30-22(18-8-3-5-10-20(18)27)15-21(28-30)17-7-2-4-9-19(17)26/h2-11,14,22H,12-13,15-16H2,1H3/t22-/m1/s1. The molecule has 9 heteroatoms. The number of hydrogen-bond acceptors (Lipinski definition) is 5. The molecular weight excluding hydrogens is 477 g/mol. The zero-order chi connectivity index (χ0) is 24.1. The van der Waals surface area contributed by atoms with E-state index in [1.807, 2.05) is 18.2 Å². The van der Waals surface area contributed by atoms with Gasteiger partial charge in [0.05, 0.1) is 23.2 Å². The lowest BCUT2D eigenvalue weighted by atomic mass is 9.98. The van der Waals surface area contributed by atoms with Gasteiger partial charge in [-0.1, -0.05) is 54.1 Å². The molecule has 0 N–H and O–H groups in total. The molecule has 2 amide bonds. The number of carbonyl (C=O) groups excluding carboxylic acids is 2.